The summed E-state index contributed by atoms with van der Waals surface area (Å²) in [6.45, 7) is 14.7. The van der Waals surface area contributed by atoms with E-state index >= 15 is 0 Å². The van der Waals surface area contributed by atoms with Gasteiger partial charge in [0.2, 0.25) is 0 Å². The van der Waals surface area contributed by atoms with E-state index < -0.39 is 0 Å². The molecule has 1 aliphatic heterocycles. The topological polar surface area (TPSA) is 3.24 Å². The van der Waals surface area contributed by atoms with Gasteiger partial charge in [0.05, 0.1) is 6.04 Å². The number of hydrogen-bond donors (Lipinski definition) is 0. The van der Waals surface area contributed by atoms with Crippen LogP contribution < -0.4 is 0 Å². The zero-order chi connectivity index (χ0) is 14.9. The second-order valence-corrected chi connectivity index (χ2v) is 6.32. The van der Waals surface area contributed by atoms with Crippen LogP contribution in [0.3, 0.4) is 0 Å². The Morgan fingerprint density at radius 1 is 0.950 bits per heavy atom. The van der Waals surface area contributed by atoms with Crippen molar-refractivity contribution in [1.82, 2.24) is 4.90 Å². The van der Waals surface area contributed by atoms with Crippen LogP contribution in [-0.4, -0.2) is 10.9 Å². The molecule has 0 bridgehead atoms. The Balaban J connectivity index is 2.39. The van der Waals surface area contributed by atoms with E-state index in [1.807, 2.05) is 0 Å². The monoisotopic (exact) mass is 269 g/mol. The van der Waals surface area contributed by atoms with Crippen molar-refractivity contribution in [2.24, 2.45) is 5.92 Å². The van der Waals surface area contributed by atoms with E-state index in [1.165, 1.54) is 28.0 Å². The van der Waals surface area contributed by atoms with Gasteiger partial charge in [0.15, 0.2) is 0 Å². The third-order valence-corrected chi connectivity index (χ3v) is 4.73. The fourth-order valence-electron chi connectivity index (χ4n) is 3.30. The van der Waals surface area contributed by atoms with Gasteiger partial charge in [-0.2, -0.15) is 0 Å². The van der Waals surface area contributed by atoms with Crippen LogP contribution in [0.15, 0.2) is 52.7 Å². The molecule has 108 valence electrons. The standard InChI is InChI=1S/C19H27N/c1-13(2)19-16(5)14(3)15(4)17(6)20(19)12-18-10-8-7-9-11-18/h7-11,13,19H,12H2,1-6H3. The average Bonchev–Trinajstić information content (AvgIpc) is 2.43. The summed E-state index contributed by atoms with van der Waals surface area (Å²) in [6, 6.07) is 11.3. The third kappa shape index (κ3) is 2.67. The molecule has 0 spiro atoms. The average molecular weight is 269 g/mol. The summed E-state index contributed by atoms with van der Waals surface area (Å²) in [5.74, 6) is 0.622. The molecule has 0 saturated carbocycles. The lowest BCUT2D eigenvalue weighted by atomic mass is 9.85. The van der Waals surface area contributed by atoms with Gasteiger partial charge in [0, 0.05) is 12.2 Å². The van der Waals surface area contributed by atoms with Gasteiger partial charge < -0.3 is 4.90 Å². The molecule has 0 aromatic heterocycles. The molecular weight excluding hydrogens is 242 g/mol. The van der Waals surface area contributed by atoms with E-state index in [-0.39, 0.29) is 0 Å². The lowest BCUT2D eigenvalue weighted by Gasteiger charge is -2.43. The molecule has 1 aliphatic rings. The summed E-state index contributed by atoms with van der Waals surface area (Å²) in [7, 11) is 0. The first kappa shape index (κ1) is 14.9. The minimum absolute atomic E-state index is 0.513. The van der Waals surface area contributed by atoms with Crippen LogP contribution >= 0.6 is 0 Å². The molecule has 1 atom stereocenters. The van der Waals surface area contributed by atoms with Crippen LogP contribution in [-0.2, 0) is 6.54 Å². The second kappa shape index (κ2) is 5.87. The quantitative estimate of drug-likeness (QED) is 0.733. The van der Waals surface area contributed by atoms with Gasteiger partial charge in [-0.1, -0.05) is 44.2 Å². The number of allylic oxidation sites excluding steroid dienone is 3. The first-order valence-corrected chi connectivity index (χ1v) is 7.59. The molecule has 1 aromatic carbocycles. The van der Waals surface area contributed by atoms with Gasteiger partial charge >= 0.3 is 0 Å². The van der Waals surface area contributed by atoms with Gasteiger partial charge in [-0.25, -0.2) is 0 Å². The van der Waals surface area contributed by atoms with E-state index in [1.54, 1.807) is 0 Å². The highest BCUT2D eigenvalue weighted by atomic mass is 15.2. The molecule has 0 fully saturated rings. The molecule has 20 heavy (non-hydrogen) atoms. The van der Waals surface area contributed by atoms with Crippen molar-refractivity contribution in [3.8, 4) is 0 Å². The Morgan fingerprint density at radius 3 is 2.10 bits per heavy atom. The van der Waals surface area contributed by atoms with Crippen molar-refractivity contribution in [3.63, 3.8) is 0 Å². The Labute approximate surface area is 124 Å². The summed E-state index contributed by atoms with van der Waals surface area (Å²) >= 11 is 0. The van der Waals surface area contributed by atoms with E-state index in [2.05, 4.69) is 76.8 Å². The maximum Gasteiger partial charge on any atom is 0.0529 e. The largest absolute Gasteiger partial charge is 0.364 e. The maximum atomic E-state index is 2.58. The van der Waals surface area contributed by atoms with Gasteiger partial charge in [-0.05, 0) is 55.9 Å². The molecule has 0 amide bonds. The minimum Gasteiger partial charge on any atom is -0.364 e. The van der Waals surface area contributed by atoms with Crippen molar-refractivity contribution >= 4 is 0 Å². The third-order valence-electron chi connectivity index (χ3n) is 4.73. The van der Waals surface area contributed by atoms with E-state index in [4.69, 9.17) is 0 Å². The summed E-state index contributed by atoms with van der Waals surface area (Å²) < 4.78 is 0. The van der Waals surface area contributed by atoms with Gasteiger partial charge in [0.25, 0.3) is 0 Å². The van der Waals surface area contributed by atoms with Crippen molar-refractivity contribution in [2.45, 2.75) is 54.1 Å². The van der Waals surface area contributed by atoms with Crippen molar-refractivity contribution in [2.75, 3.05) is 0 Å². The second-order valence-electron chi connectivity index (χ2n) is 6.32. The van der Waals surface area contributed by atoms with Crippen LogP contribution in [0.4, 0.5) is 0 Å². The highest BCUT2D eigenvalue weighted by Gasteiger charge is 2.29. The molecule has 1 nitrogen and oxygen atoms in total. The predicted octanol–water partition coefficient (Wildman–Crippen LogP) is 5.16. The molecule has 1 heteroatoms. The zero-order valence-electron chi connectivity index (χ0n) is 13.7. The Bertz CT molecular complexity index is 534. The van der Waals surface area contributed by atoms with Gasteiger partial charge in [0.1, 0.15) is 0 Å². The van der Waals surface area contributed by atoms with Gasteiger partial charge in [-0.15, -0.1) is 0 Å². The molecule has 1 unspecified atom stereocenters. The van der Waals surface area contributed by atoms with Crippen molar-refractivity contribution in [1.29, 1.82) is 0 Å². The van der Waals surface area contributed by atoms with Gasteiger partial charge in [-0.3, -0.25) is 0 Å². The van der Waals surface area contributed by atoms with E-state index in [9.17, 15) is 0 Å². The molecule has 1 aromatic rings. The molecule has 0 radical (unpaired) electrons. The number of hydrogen-bond acceptors (Lipinski definition) is 1. The maximum absolute atomic E-state index is 2.58. The molecule has 0 N–H and O–H groups in total. The summed E-state index contributed by atoms with van der Waals surface area (Å²) in [6.07, 6.45) is 0. The number of benzene rings is 1. The van der Waals surface area contributed by atoms with Crippen LogP contribution in [0.5, 0.6) is 0 Å². The SMILES string of the molecule is CC1=C(C)C(C(C)C)N(Cc2ccccc2)C(C)=C1C. The zero-order valence-corrected chi connectivity index (χ0v) is 13.7. The first-order valence-electron chi connectivity index (χ1n) is 7.59. The lowest BCUT2D eigenvalue weighted by Crippen LogP contribution is -2.41. The van der Waals surface area contributed by atoms with Crippen LogP contribution in [0, 0.1) is 5.92 Å². The van der Waals surface area contributed by atoms with Crippen LogP contribution in [0.25, 0.3) is 0 Å². The van der Waals surface area contributed by atoms with Crippen molar-refractivity contribution < 1.29 is 0 Å². The van der Waals surface area contributed by atoms with Crippen molar-refractivity contribution in [3.05, 3.63) is 58.3 Å². The smallest absolute Gasteiger partial charge is 0.0529 e. The highest BCUT2D eigenvalue weighted by Crippen LogP contribution is 2.35. The fourth-order valence-corrected chi connectivity index (χ4v) is 3.30. The fraction of sp³-hybridized carbons (Fsp3) is 0.474. The summed E-state index contributed by atoms with van der Waals surface area (Å²) in [5.41, 5.74) is 7.26. The first-order chi connectivity index (χ1) is 9.43. The molecule has 0 aliphatic carbocycles. The number of rotatable bonds is 3. The molecule has 0 saturated heterocycles. The Morgan fingerprint density at radius 2 is 1.55 bits per heavy atom. The highest BCUT2D eigenvalue weighted by molar-refractivity contribution is 5.41. The van der Waals surface area contributed by atoms with Crippen LogP contribution in [0.2, 0.25) is 0 Å². The minimum atomic E-state index is 0.513. The summed E-state index contributed by atoms with van der Waals surface area (Å²) in [4.78, 5) is 2.58. The number of nitrogens with zero attached hydrogens (tertiary/aromatic N) is 1. The van der Waals surface area contributed by atoms with Crippen LogP contribution in [0.1, 0.15) is 47.1 Å². The van der Waals surface area contributed by atoms with E-state index in [0.717, 1.165) is 6.54 Å². The Hall–Kier alpha value is -1.50. The van der Waals surface area contributed by atoms with E-state index in [0.29, 0.717) is 12.0 Å². The molecule has 2 rings (SSSR count). The normalized spacial score (nSPS) is 20.1. The predicted molar refractivity (Wildman–Crippen MR) is 87.4 cm³/mol. The molecule has 1 heterocycles. The molecular formula is C19H27N. The Kier molecular flexibility index (Phi) is 4.37. The lowest BCUT2D eigenvalue weighted by molar-refractivity contribution is 0.215. The summed E-state index contributed by atoms with van der Waals surface area (Å²) in [5, 5.41) is 0.